The zero-order valence-electron chi connectivity index (χ0n) is 12.1. The first-order valence-electron chi connectivity index (χ1n) is 6.75. The number of nitrogens with one attached hydrogen (secondary N) is 1. The zero-order chi connectivity index (χ0) is 15.7. The van der Waals surface area contributed by atoms with Gasteiger partial charge in [-0.05, 0) is 49.9 Å². The topological polar surface area (TPSA) is 98.5 Å². The Kier molecular flexibility index (Phi) is 4.36. The van der Waals surface area contributed by atoms with Crippen LogP contribution in [0.25, 0.3) is 0 Å². The van der Waals surface area contributed by atoms with Crippen LogP contribution >= 0.6 is 0 Å². The average Bonchev–Trinajstić information content (AvgIpc) is 3.31. The highest BCUT2D eigenvalue weighted by Gasteiger charge is 2.43. The molecular formula is C14H20N2O4S. The number of carbonyl (C=O) groups excluding carboxylic acids is 1. The smallest absolute Gasteiger partial charge is 0.337 e. The van der Waals surface area contributed by atoms with Gasteiger partial charge in [-0.2, -0.15) is 0 Å². The third-order valence-electron chi connectivity index (χ3n) is 3.86. The fraction of sp³-hybridized carbons (Fsp3) is 0.500. The molecule has 0 aliphatic heterocycles. The van der Waals surface area contributed by atoms with E-state index in [2.05, 4.69) is 9.46 Å². The Hall–Kier alpha value is -1.44. The summed E-state index contributed by atoms with van der Waals surface area (Å²) in [5, 5.41) is 0. The van der Waals surface area contributed by atoms with Crippen LogP contribution < -0.4 is 10.5 Å². The Bertz CT molecular complexity index is 623. The standard InChI is InChI=1S/C14H20N2O4S/c1-14(9-15,11-5-6-11)16-21(18,19)12-7-3-10(4-8-12)13(17)20-2/h3-4,7-8,11,16H,5-6,9,15H2,1-2H3. The molecule has 1 atom stereocenters. The third-order valence-corrected chi connectivity index (χ3v) is 5.48. The Balaban J connectivity index is 2.21. The quantitative estimate of drug-likeness (QED) is 0.760. The van der Waals surface area contributed by atoms with Crippen molar-refractivity contribution >= 4 is 16.0 Å². The number of hydrogen-bond donors (Lipinski definition) is 2. The number of methoxy groups -OCH3 is 1. The Morgan fingerprint density at radius 1 is 1.38 bits per heavy atom. The molecule has 116 valence electrons. The van der Waals surface area contributed by atoms with Crippen LogP contribution in [0.4, 0.5) is 0 Å². The molecule has 0 radical (unpaired) electrons. The summed E-state index contributed by atoms with van der Waals surface area (Å²) in [5.41, 5.74) is 5.41. The number of benzene rings is 1. The van der Waals surface area contributed by atoms with Crippen LogP contribution in [0.5, 0.6) is 0 Å². The lowest BCUT2D eigenvalue weighted by Crippen LogP contribution is -2.52. The molecule has 1 aliphatic rings. The molecule has 21 heavy (non-hydrogen) atoms. The predicted molar refractivity (Wildman–Crippen MR) is 78.3 cm³/mol. The number of nitrogens with two attached hydrogens (primary N) is 1. The normalized spacial score (nSPS) is 18.0. The van der Waals surface area contributed by atoms with E-state index in [1.807, 2.05) is 6.92 Å². The Morgan fingerprint density at radius 2 is 1.95 bits per heavy atom. The van der Waals surface area contributed by atoms with Gasteiger partial charge in [0.25, 0.3) is 0 Å². The van der Waals surface area contributed by atoms with E-state index in [0.29, 0.717) is 5.56 Å². The van der Waals surface area contributed by atoms with Gasteiger partial charge in [0, 0.05) is 12.1 Å². The van der Waals surface area contributed by atoms with Crippen molar-refractivity contribution in [1.82, 2.24) is 4.72 Å². The summed E-state index contributed by atoms with van der Waals surface area (Å²) in [5.74, 6) is -0.219. The van der Waals surface area contributed by atoms with Crippen LogP contribution in [0.15, 0.2) is 29.2 Å². The molecular weight excluding hydrogens is 292 g/mol. The van der Waals surface area contributed by atoms with Gasteiger partial charge in [0.2, 0.25) is 10.0 Å². The van der Waals surface area contributed by atoms with E-state index in [-0.39, 0.29) is 17.4 Å². The van der Waals surface area contributed by atoms with E-state index in [9.17, 15) is 13.2 Å². The molecule has 0 spiro atoms. The summed E-state index contributed by atoms with van der Waals surface area (Å²) in [6.45, 7) is 2.07. The molecule has 2 rings (SSSR count). The molecule has 1 aliphatic carbocycles. The van der Waals surface area contributed by atoms with Crippen LogP contribution in [0.3, 0.4) is 0 Å². The molecule has 6 nitrogen and oxygen atoms in total. The minimum Gasteiger partial charge on any atom is -0.465 e. The van der Waals surface area contributed by atoms with Gasteiger partial charge >= 0.3 is 5.97 Å². The molecule has 1 unspecified atom stereocenters. The van der Waals surface area contributed by atoms with Gasteiger partial charge in [0.1, 0.15) is 0 Å². The van der Waals surface area contributed by atoms with E-state index in [0.717, 1.165) is 12.8 Å². The van der Waals surface area contributed by atoms with Crippen molar-refractivity contribution in [1.29, 1.82) is 0 Å². The largest absolute Gasteiger partial charge is 0.465 e. The molecule has 1 aromatic rings. The van der Waals surface area contributed by atoms with Gasteiger partial charge < -0.3 is 10.5 Å². The Morgan fingerprint density at radius 3 is 2.38 bits per heavy atom. The lowest BCUT2D eigenvalue weighted by atomic mass is 9.98. The number of esters is 1. The van der Waals surface area contributed by atoms with Crippen molar-refractivity contribution in [3.8, 4) is 0 Å². The second-order valence-corrected chi connectivity index (χ2v) is 7.20. The first-order valence-corrected chi connectivity index (χ1v) is 8.23. The van der Waals surface area contributed by atoms with Crippen molar-refractivity contribution in [2.75, 3.05) is 13.7 Å². The highest BCUT2D eigenvalue weighted by atomic mass is 32.2. The van der Waals surface area contributed by atoms with Crippen molar-refractivity contribution in [2.24, 2.45) is 11.7 Å². The van der Waals surface area contributed by atoms with Crippen molar-refractivity contribution in [3.63, 3.8) is 0 Å². The van der Waals surface area contributed by atoms with Gasteiger partial charge in [-0.3, -0.25) is 0 Å². The lowest BCUT2D eigenvalue weighted by Gasteiger charge is -2.29. The molecule has 0 aromatic heterocycles. The second-order valence-electron chi connectivity index (χ2n) is 5.52. The number of carbonyl (C=O) groups is 1. The maximum atomic E-state index is 12.4. The highest BCUT2D eigenvalue weighted by Crippen LogP contribution is 2.39. The van der Waals surface area contributed by atoms with Gasteiger partial charge in [0.15, 0.2) is 0 Å². The highest BCUT2D eigenvalue weighted by molar-refractivity contribution is 7.89. The molecule has 0 heterocycles. The summed E-state index contributed by atoms with van der Waals surface area (Å²) in [6.07, 6.45) is 1.97. The summed E-state index contributed by atoms with van der Waals surface area (Å²) in [7, 11) is -2.39. The molecule has 0 bridgehead atoms. The van der Waals surface area contributed by atoms with E-state index in [4.69, 9.17) is 5.73 Å². The number of rotatable bonds is 6. The third kappa shape index (κ3) is 3.42. The van der Waals surface area contributed by atoms with Gasteiger partial charge in [-0.25, -0.2) is 17.9 Å². The van der Waals surface area contributed by atoms with Crippen LogP contribution in [0.2, 0.25) is 0 Å². The van der Waals surface area contributed by atoms with Crippen molar-refractivity contribution < 1.29 is 17.9 Å². The van der Waals surface area contributed by atoms with Gasteiger partial charge in [-0.15, -0.1) is 0 Å². The second kappa shape index (κ2) is 5.75. The van der Waals surface area contributed by atoms with Gasteiger partial charge in [-0.1, -0.05) is 0 Å². The van der Waals surface area contributed by atoms with Crippen LogP contribution in [-0.4, -0.2) is 33.6 Å². The first-order chi connectivity index (χ1) is 9.82. The molecule has 0 saturated heterocycles. The maximum Gasteiger partial charge on any atom is 0.337 e. The zero-order valence-corrected chi connectivity index (χ0v) is 12.9. The van der Waals surface area contributed by atoms with E-state index < -0.39 is 21.5 Å². The minimum absolute atomic E-state index is 0.107. The van der Waals surface area contributed by atoms with Crippen molar-refractivity contribution in [3.05, 3.63) is 29.8 Å². The maximum absolute atomic E-state index is 12.4. The minimum atomic E-state index is -3.67. The summed E-state index contributed by atoms with van der Waals surface area (Å²) < 4.78 is 32.1. The Labute approximate surface area is 124 Å². The van der Waals surface area contributed by atoms with E-state index in [1.165, 1.54) is 31.4 Å². The fourth-order valence-electron chi connectivity index (χ4n) is 2.27. The molecule has 1 aromatic carbocycles. The number of ether oxygens (including phenoxy) is 1. The monoisotopic (exact) mass is 312 g/mol. The fourth-order valence-corrected chi connectivity index (χ4v) is 3.74. The number of sulfonamides is 1. The van der Waals surface area contributed by atoms with E-state index in [1.54, 1.807) is 0 Å². The van der Waals surface area contributed by atoms with E-state index >= 15 is 0 Å². The summed E-state index contributed by atoms with van der Waals surface area (Å²) in [4.78, 5) is 11.5. The van der Waals surface area contributed by atoms with Crippen LogP contribution in [-0.2, 0) is 14.8 Å². The number of hydrogen-bond acceptors (Lipinski definition) is 5. The van der Waals surface area contributed by atoms with Gasteiger partial charge in [0.05, 0.1) is 17.6 Å². The first kappa shape index (κ1) is 15.9. The van der Waals surface area contributed by atoms with Crippen LogP contribution in [0, 0.1) is 5.92 Å². The molecule has 7 heteroatoms. The molecule has 1 fully saturated rings. The predicted octanol–water partition coefficient (Wildman–Crippen LogP) is 0.879. The molecule has 1 saturated carbocycles. The average molecular weight is 312 g/mol. The van der Waals surface area contributed by atoms with Crippen LogP contribution in [0.1, 0.15) is 30.1 Å². The van der Waals surface area contributed by atoms with Crippen molar-refractivity contribution in [2.45, 2.75) is 30.2 Å². The summed E-state index contributed by atoms with van der Waals surface area (Å²) >= 11 is 0. The SMILES string of the molecule is COC(=O)c1ccc(S(=O)(=O)NC(C)(CN)C2CC2)cc1. The summed E-state index contributed by atoms with van der Waals surface area (Å²) in [6, 6.07) is 5.63. The molecule has 3 N–H and O–H groups in total. The lowest BCUT2D eigenvalue weighted by molar-refractivity contribution is 0.0600. The molecule has 0 amide bonds.